The molecule has 1 rings (SSSR count). The number of aromatic nitrogens is 1. The SMILES string of the molecule is Cc1cc[nH][c]1[Rh+2].[I-].[I-]. The molecule has 0 aliphatic carbocycles. The summed E-state index contributed by atoms with van der Waals surface area (Å²) in [5.41, 5.74) is 1.28. The molecule has 0 bridgehead atoms. The molecule has 0 aliphatic rings. The van der Waals surface area contributed by atoms with Crippen LogP contribution >= 0.6 is 0 Å². The van der Waals surface area contributed by atoms with E-state index in [4.69, 9.17) is 0 Å². The van der Waals surface area contributed by atoms with Crippen molar-refractivity contribution in [1.29, 1.82) is 0 Å². The molecule has 54 valence electrons. The summed E-state index contributed by atoms with van der Waals surface area (Å²) in [5, 5.41) is 0. The molecule has 0 unspecified atom stereocenters. The van der Waals surface area contributed by atoms with Crippen LogP contribution in [0, 0.1) is 6.92 Å². The summed E-state index contributed by atoms with van der Waals surface area (Å²) in [4.78, 5) is 3.02. The van der Waals surface area contributed by atoms with Crippen molar-refractivity contribution in [1.82, 2.24) is 4.98 Å². The van der Waals surface area contributed by atoms with E-state index in [1.807, 2.05) is 12.3 Å². The largest absolute Gasteiger partial charge is 1.00 e. The molecule has 0 saturated heterocycles. The quantitative estimate of drug-likeness (QED) is 0.309. The van der Waals surface area contributed by atoms with Gasteiger partial charge in [-0.1, -0.05) is 0 Å². The maximum absolute atomic E-state index is 3.02. The average molecular weight is 437 g/mol. The molecule has 0 aliphatic heterocycles. The van der Waals surface area contributed by atoms with Gasteiger partial charge in [0.2, 0.25) is 0 Å². The predicted octanol–water partition coefficient (Wildman–Crippen LogP) is -5.50. The van der Waals surface area contributed by atoms with Gasteiger partial charge >= 0.3 is 52.3 Å². The summed E-state index contributed by atoms with van der Waals surface area (Å²) in [7, 11) is 0. The van der Waals surface area contributed by atoms with Crippen molar-refractivity contribution in [2.45, 2.75) is 6.92 Å². The number of hydrogen-bond donors (Lipinski definition) is 1. The Morgan fingerprint density at radius 3 is 2.11 bits per heavy atom. The molecule has 0 saturated carbocycles. The fourth-order valence-electron chi connectivity index (χ4n) is 0.419. The Hall–Kier alpha value is 1.36. The number of halogens is 2. The van der Waals surface area contributed by atoms with Gasteiger partial charge in [-0.3, -0.25) is 0 Å². The number of hydrogen-bond acceptors (Lipinski definition) is 0. The number of aryl methyl sites for hydroxylation is 1. The third-order valence-corrected chi connectivity index (χ3v) is 1.75. The summed E-state index contributed by atoms with van der Waals surface area (Å²) in [6.07, 6.45) is 1.92. The summed E-state index contributed by atoms with van der Waals surface area (Å²) in [5.74, 6) is 0. The molecule has 1 N–H and O–H groups in total. The van der Waals surface area contributed by atoms with Gasteiger partial charge in [0.25, 0.3) is 0 Å². The molecule has 1 heterocycles. The second-order valence-corrected chi connectivity index (χ2v) is 2.27. The van der Waals surface area contributed by atoms with Crippen LogP contribution < -0.4 is 52.2 Å². The first-order valence-corrected chi connectivity index (χ1v) is 2.90. The number of H-pyrrole nitrogens is 1. The molecule has 0 amide bonds. The van der Waals surface area contributed by atoms with E-state index in [2.05, 4.69) is 30.2 Å². The smallest absolute Gasteiger partial charge is 1.00 e. The van der Waals surface area contributed by atoms with E-state index in [9.17, 15) is 0 Å². The first kappa shape index (κ1) is 13.0. The summed E-state index contributed by atoms with van der Waals surface area (Å²) >= 11 is 2.80. The Morgan fingerprint density at radius 1 is 1.44 bits per heavy atom. The zero-order valence-electron chi connectivity index (χ0n) is 4.74. The van der Waals surface area contributed by atoms with E-state index in [-0.39, 0.29) is 48.0 Å². The second kappa shape index (κ2) is 6.10. The van der Waals surface area contributed by atoms with Gasteiger partial charge in [-0.05, 0) is 0 Å². The van der Waals surface area contributed by atoms with Crippen LogP contribution in [0.25, 0.3) is 0 Å². The maximum atomic E-state index is 3.02. The monoisotopic (exact) mass is 437 g/mol. The van der Waals surface area contributed by atoms with Crippen molar-refractivity contribution in [3.05, 3.63) is 17.8 Å². The molecule has 1 aromatic rings. The van der Waals surface area contributed by atoms with Crippen LogP contribution in [0.15, 0.2) is 12.3 Å². The van der Waals surface area contributed by atoms with Crippen LogP contribution in [0.3, 0.4) is 0 Å². The van der Waals surface area contributed by atoms with Crippen molar-refractivity contribution in [2.75, 3.05) is 0 Å². The topological polar surface area (TPSA) is 15.8 Å². The zero-order valence-corrected chi connectivity index (χ0v) is 10.7. The van der Waals surface area contributed by atoms with Crippen molar-refractivity contribution < 1.29 is 66.3 Å². The molecular weight excluding hydrogens is 431 g/mol. The second-order valence-electron chi connectivity index (χ2n) is 1.45. The minimum absolute atomic E-state index is 0. The van der Waals surface area contributed by atoms with Crippen LogP contribution in [0.5, 0.6) is 0 Å². The van der Waals surface area contributed by atoms with Gasteiger partial charge in [0.05, 0.1) is 0 Å². The molecule has 4 heteroatoms. The summed E-state index contributed by atoms with van der Waals surface area (Å²) < 4.78 is 1.15. The molecule has 0 fully saturated rings. The summed E-state index contributed by atoms with van der Waals surface area (Å²) in [6, 6.07) is 2.04. The van der Waals surface area contributed by atoms with E-state index in [1.165, 1.54) is 5.56 Å². The standard InChI is InChI=1S/C5H6N.2HI.Rh/c1-5-2-3-6-4-5;;;/h2-3,6H,1H3;2*1H;/q;;;+2/p-2. The average Bonchev–Trinajstić information content (AvgIpc) is 1.91. The molecule has 1 nitrogen and oxygen atoms in total. The van der Waals surface area contributed by atoms with Crippen LogP contribution in [-0.4, -0.2) is 4.98 Å². The Morgan fingerprint density at radius 2 is 2.00 bits per heavy atom. The van der Waals surface area contributed by atoms with Gasteiger partial charge in [-0.2, -0.15) is 0 Å². The number of aromatic amines is 1. The van der Waals surface area contributed by atoms with Crippen LogP contribution in [0.2, 0.25) is 0 Å². The third-order valence-electron chi connectivity index (χ3n) is 0.866. The van der Waals surface area contributed by atoms with Crippen molar-refractivity contribution in [3.63, 3.8) is 0 Å². The maximum Gasteiger partial charge on any atom is -1.00 e. The third kappa shape index (κ3) is 3.93. The van der Waals surface area contributed by atoms with E-state index in [1.54, 1.807) is 0 Å². The molecule has 0 radical (unpaired) electrons. The van der Waals surface area contributed by atoms with Crippen LogP contribution in [0.4, 0.5) is 0 Å². The molecule has 0 atom stereocenters. The number of rotatable bonds is 0. The first-order chi connectivity index (χ1) is 3.30. The van der Waals surface area contributed by atoms with Crippen molar-refractivity contribution in [2.24, 2.45) is 0 Å². The first-order valence-electron chi connectivity index (χ1n) is 2.08. The van der Waals surface area contributed by atoms with E-state index >= 15 is 0 Å². The van der Waals surface area contributed by atoms with Gasteiger partial charge in [-0.25, -0.2) is 0 Å². The Balaban J connectivity index is 0. The van der Waals surface area contributed by atoms with E-state index in [0.29, 0.717) is 0 Å². The normalized spacial score (nSPS) is 7.33. The van der Waals surface area contributed by atoms with Gasteiger partial charge in [0.1, 0.15) is 0 Å². The van der Waals surface area contributed by atoms with Gasteiger partial charge in [0, 0.05) is 0 Å². The van der Waals surface area contributed by atoms with Crippen LogP contribution in [-0.2, 0) is 18.3 Å². The van der Waals surface area contributed by atoms with Crippen molar-refractivity contribution in [3.8, 4) is 0 Å². The Labute approximate surface area is 99.1 Å². The minimum Gasteiger partial charge on any atom is -1.00 e. The van der Waals surface area contributed by atoms with E-state index in [0.717, 1.165) is 4.29 Å². The van der Waals surface area contributed by atoms with Crippen LogP contribution in [0.1, 0.15) is 5.56 Å². The molecule has 1 aromatic heterocycles. The fraction of sp³-hybridized carbons (Fsp3) is 0.200. The van der Waals surface area contributed by atoms with Crippen molar-refractivity contribution >= 4 is 4.29 Å². The summed E-state index contributed by atoms with van der Waals surface area (Å²) in [6.45, 7) is 2.06. The predicted molar refractivity (Wildman–Crippen MR) is 25.2 cm³/mol. The number of nitrogens with one attached hydrogen (secondary N) is 1. The van der Waals surface area contributed by atoms with Gasteiger partial charge in [-0.15, -0.1) is 0 Å². The van der Waals surface area contributed by atoms with Gasteiger partial charge in [0.15, 0.2) is 0 Å². The molecule has 0 spiro atoms. The minimum atomic E-state index is 0. The molecule has 0 aromatic carbocycles. The fourth-order valence-corrected chi connectivity index (χ4v) is 0.693. The van der Waals surface area contributed by atoms with Gasteiger partial charge < -0.3 is 48.0 Å². The van der Waals surface area contributed by atoms with E-state index < -0.39 is 0 Å². The molecular formula is C5H6I2NRh. The molecule has 9 heavy (non-hydrogen) atoms. The Kier molecular flexibility index (Phi) is 8.80. The zero-order chi connectivity index (χ0) is 5.28. The Bertz CT molecular complexity index is 147.